The maximum absolute atomic E-state index is 12.7. The summed E-state index contributed by atoms with van der Waals surface area (Å²) >= 11 is 0. The zero-order valence-electron chi connectivity index (χ0n) is 17.9. The zero-order valence-corrected chi connectivity index (χ0v) is 17.9. The van der Waals surface area contributed by atoms with Crippen LogP contribution in [0.25, 0.3) is 0 Å². The van der Waals surface area contributed by atoms with Gasteiger partial charge in [-0.15, -0.1) is 0 Å². The molecule has 1 aromatic carbocycles. The number of carboxylic acids is 2. The second-order valence-electron chi connectivity index (χ2n) is 6.06. The molecule has 0 aliphatic heterocycles. The monoisotopic (exact) mass is 541 g/mol. The second-order valence-corrected chi connectivity index (χ2v) is 6.06. The average Bonchev–Trinajstić information content (AvgIpc) is 3.08. The predicted octanol–water partition coefficient (Wildman–Crippen LogP) is 4.36. The number of benzene rings is 1. The number of nitrogens with one attached hydrogen (secondary N) is 1. The first-order chi connectivity index (χ1) is 16.2. The van der Waals surface area contributed by atoms with Crippen molar-refractivity contribution >= 4 is 23.7 Å². The van der Waals surface area contributed by atoms with E-state index >= 15 is 0 Å². The van der Waals surface area contributed by atoms with E-state index in [0.29, 0.717) is 17.0 Å². The van der Waals surface area contributed by atoms with Gasteiger partial charge < -0.3 is 20.3 Å². The van der Waals surface area contributed by atoms with E-state index in [2.05, 4.69) is 10.4 Å². The van der Waals surface area contributed by atoms with Gasteiger partial charge in [0.05, 0.1) is 6.61 Å². The molecule has 1 amide bonds. The van der Waals surface area contributed by atoms with Crippen molar-refractivity contribution in [3.05, 3.63) is 41.6 Å². The van der Waals surface area contributed by atoms with Gasteiger partial charge in [0.2, 0.25) is 0 Å². The summed E-state index contributed by atoms with van der Waals surface area (Å²) < 4.78 is 107. The number of carboxylic acid groups (broad SMARTS) is 2. The Hall–Kier alpha value is -3.99. The van der Waals surface area contributed by atoms with Crippen LogP contribution in [0, 0.1) is 0 Å². The smallest absolute Gasteiger partial charge is 0.490 e. The van der Waals surface area contributed by atoms with Crippen LogP contribution in [0.1, 0.15) is 23.0 Å². The molecule has 2 aromatic rings. The Morgan fingerprint density at radius 3 is 1.78 bits per heavy atom. The van der Waals surface area contributed by atoms with Crippen LogP contribution in [0.15, 0.2) is 30.3 Å². The standard InChI is InChI=1S/C14H14F3N3O2.2C2HF3O2/c1-3-22-10-6-4-5-9(7-10)13(21)18-12-8-11(14(15,16)17)20(2)19-12;2*3-2(4,5)1(6)7/h4-8H,3H2,1-2H3,(H,18,19,21);2*(H,6,7). The lowest BCUT2D eigenvalue weighted by Gasteiger charge is -2.05. The Kier molecular flexibility index (Phi) is 11.2. The number of amides is 1. The number of ether oxygens (including phenoxy) is 1. The lowest BCUT2D eigenvalue weighted by molar-refractivity contribution is -0.193. The fourth-order valence-corrected chi connectivity index (χ4v) is 1.88. The minimum Gasteiger partial charge on any atom is -0.494 e. The van der Waals surface area contributed by atoms with Crippen molar-refractivity contribution in [3.63, 3.8) is 0 Å². The van der Waals surface area contributed by atoms with E-state index in [1.807, 2.05) is 0 Å². The topological polar surface area (TPSA) is 131 Å². The minimum absolute atomic E-state index is 0.165. The number of aliphatic carboxylic acids is 2. The molecule has 0 spiro atoms. The second kappa shape index (κ2) is 12.6. The molecule has 0 fully saturated rings. The molecule has 0 saturated heterocycles. The van der Waals surface area contributed by atoms with Crippen LogP contribution >= 0.6 is 0 Å². The van der Waals surface area contributed by atoms with E-state index in [1.165, 1.54) is 12.1 Å². The number of carbonyl (C=O) groups excluding carboxylic acids is 1. The van der Waals surface area contributed by atoms with E-state index in [0.717, 1.165) is 13.1 Å². The number of carbonyl (C=O) groups is 3. The SMILES string of the molecule is CCOc1cccc(C(=O)Nc2cc(C(F)(F)F)n(C)n2)c1.O=C(O)C(F)(F)F.O=C(O)C(F)(F)F. The summed E-state index contributed by atoms with van der Waals surface area (Å²) in [6, 6.07) is 7.13. The summed E-state index contributed by atoms with van der Waals surface area (Å²) in [7, 11) is 1.16. The van der Waals surface area contributed by atoms with Gasteiger partial charge in [0.25, 0.3) is 5.91 Å². The van der Waals surface area contributed by atoms with Gasteiger partial charge in [-0.2, -0.15) is 44.6 Å². The number of anilines is 1. The van der Waals surface area contributed by atoms with Crippen LogP contribution in [0.3, 0.4) is 0 Å². The quantitative estimate of drug-likeness (QED) is 0.491. The summed E-state index contributed by atoms with van der Waals surface area (Å²) in [4.78, 5) is 29.8. The highest BCUT2D eigenvalue weighted by Crippen LogP contribution is 2.30. The van der Waals surface area contributed by atoms with Crippen molar-refractivity contribution in [1.29, 1.82) is 0 Å². The molecule has 0 atom stereocenters. The van der Waals surface area contributed by atoms with Crippen LogP contribution in [0.2, 0.25) is 0 Å². The van der Waals surface area contributed by atoms with Gasteiger partial charge in [-0.3, -0.25) is 9.48 Å². The van der Waals surface area contributed by atoms with Crippen molar-refractivity contribution in [3.8, 4) is 5.75 Å². The van der Waals surface area contributed by atoms with Crippen LogP contribution < -0.4 is 10.1 Å². The molecule has 0 aliphatic carbocycles. The van der Waals surface area contributed by atoms with Crippen LogP contribution in [0.5, 0.6) is 5.75 Å². The van der Waals surface area contributed by atoms with E-state index < -0.39 is 42.1 Å². The van der Waals surface area contributed by atoms with Gasteiger partial charge in [-0.1, -0.05) is 6.07 Å². The van der Waals surface area contributed by atoms with Gasteiger partial charge in [0, 0.05) is 18.7 Å². The van der Waals surface area contributed by atoms with Crippen LogP contribution in [-0.2, 0) is 22.8 Å². The van der Waals surface area contributed by atoms with Crippen LogP contribution in [0.4, 0.5) is 45.3 Å². The van der Waals surface area contributed by atoms with Gasteiger partial charge in [-0.25, -0.2) is 9.59 Å². The third kappa shape index (κ3) is 11.4. The predicted molar refractivity (Wildman–Crippen MR) is 101 cm³/mol. The third-order valence-corrected chi connectivity index (χ3v) is 3.30. The molecule has 1 heterocycles. The maximum atomic E-state index is 12.7. The summed E-state index contributed by atoms with van der Waals surface area (Å²) in [5, 5.41) is 20.2. The van der Waals surface area contributed by atoms with E-state index in [-0.39, 0.29) is 11.4 Å². The summed E-state index contributed by atoms with van der Waals surface area (Å²) in [5.41, 5.74) is -0.670. The molecular formula is C18H16F9N3O6. The van der Waals surface area contributed by atoms with Crippen molar-refractivity contribution in [2.24, 2.45) is 7.05 Å². The summed E-state index contributed by atoms with van der Waals surface area (Å²) in [6.45, 7) is 2.25. The molecule has 2 rings (SSSR count). The average molecular weight is 541 g/mol. The van der Waals surface area contributed by atoms with Gasteiger partial charge >= 0.3 is 30.5 Å². The highest BCUT2D eigenvalue weighted by atomic mass is 19.4. The normalized spacial score (nSPS) is 11.3. The van der Waals surface area contributed by atoms with Crippen molar-refractivity contribution in [1.82, 2.24) is 9.78 Å². The molecule has 18 heteroatoms. The molecule has 0 aliphatic rings. The van der Waals surface area contributed by atoms with E-state index in [1.54, 1.807) is 19.1 Å². The number of alkyl halides is 9. The molecule has 0 bridgehead atoms. The molecule has 202 valence electrons. The Morgan fingerprint density at radius 2 is 1.42 bits per heavy atom. The van der Waals surface area contributed by atoms with E-state index in [4.69, 9.17) is 24.5 Å². The number of aryl methyl sites for hydroxylation is 1. The fourth-order valence-electron chi connectivity index (χ4n) is 1.88. The summed E-state index contributed by atoms with van der Waals surface area (Å²) in [6.07, 6.45) is -14.7. The first-order valence-electron chi connectivity index (χ1n) is 8.95. The first-order valence-corrected chi connectivity index (χ1v) is 8.95. The van der Waals surface area contributed by atoms with Gasteiger partial charge in [0.15, 0.2) is 5.82 Å². The fraction of sp³-hybridized carbons (Fsp3) is 0.333. The lowest BCUT2D eigenvalue weighted by Crippen LogP contribution is -2.21. The molecular weight excluding hydrogens is 525 g/mol. The Balaban J connectivity index is 0.000000720. The Labute approximate surface area is 195 Å². The highest BCUT2D eigenvalue weighted by molar-refractivity contribution is 6.04. The highest BCUT2D eigenvalue weighted by Gasteiger charge is 2.39. The molecule has 36 heavy (non-hydrogen) atoms. The summed E-state index contributed by atoms with van der Waals surface area (Å²) in [5.74, 6) is -5.73. The van der Waals surface area contributed by atoms with E-state index in [9.17, 15) is 44.3 Å². The molecule has 0 saturated carbocycles. The Morgan fingerprint density at radius 1 is 0.944 bits per heavy atom. The molecule has 3 N–H and O–H groups in total. The number of hydrogen-bond acceptors (Lipinski definition) is 5. The lowest BCUT2D eigenvalue weighted by atomic mass is 10.2. The number of rotatable bonds is 4. The van der Waals surface area contributed by atoms with Gasteiger partial charge in [0.1, 0.15) is 11.4 Å². The third-order valence-electron chi connectivity index (χ3n) is 3.30. The van der Waals surface area contributed by atoms with Gasteiger partial charge in [-0.05, 0) is 25.1 Å². The maximum Gasteiger partial charge on any atom is 0.490 e. The number of aromatic nitrogens is 2. The first kappa shape index (κ1) is 32.0. The van der Waals surface area contributed by atoms with Crippen molar-refractivity contribution < 1.29 is 68.8 Å². The number of hydrogen-bond donors (Lipinski definition) is 3. The molecule has 9 nitrogen and oxygen atoms in total. The minimum atomic E-state index is -5.08. The zero-order chi connectivity index (χ0) is 28.5. The van der Waals surface area contributed by atoms with Crippen molar-refractivity contribution in [2.45, 2.75) is 25.5 Å². The molecule has 1 aromatic heterocycles. The number of halogens is 9. The largest absolute Gasteiger partial charge is 0.494 e. The Bertz CT molecular complexity index is 1020. The van der Waals surface area contributed by atoms with Crippen molar-refractivity contribution in [2.75, 3.05) is 11.9 Å². The molecule has 0 radical (unpaired) electrons. The number of nitrogens with zero attached hydrogens (tertiary/aromatic N) is 2. The van der Waals surface area contributed by atoms with Crippen LogP contribution in [-0.4, -0.2) is 56.8 Å². The molecule has 0 unspecified atom stereocenters.